The molecule has 2 aromatic rings. The lowest BCUT2D eigenvalue weighted by molar-refractivity contribution is 0.322. The highest BCUT2D eigenvalue weighted by Crippen LogP contribution is 2.27. The summed E-state index contributed by atoms with van der Waals surface area (Å²) in [7, 11) is 0. The number of hydrogen-bond acceptors (Lipinski definition) is 1. The predicted molar refractivity (Wildman–Crippen MR) is 84.4 cm³/mol. The van der Waals surface area contributed by atoms with E-state index in [1.54, 1.807) is 0 Å². The maximum atomic E-state index is 5.80. The highest BCUT2D eigenvalue weighted by atomic mass is 32.1. The minimum absolute atomic E-state index is 0.487. The molecule has 2 nitrogen and oxygen atoms in total. The van der Waals surface area contributed by atoms with Crippen molar-refractivity contribution in [3.63, 3.8) is 0 Å². The Labute approximate surface area is 119 Å². The summed E-state index contributed by atoms with van der Waals surface area (Å²) < 4.78 is 2.37. The molecule has 0 atom stereocenters. The lowest BCUT2D eigenvalue weighted by Crippen LogP contribution is -2.13. The van der Waals surface area contributed by atoms with Crippen LogP contribution in [0.4, 0.5) is 0 Å². The Balaban J connectivity index is 1.92. The number of rotatable bonds is 3. The molecule has 0 amide bonds. The molecular formula is C16H20N2S. The summed E-state index contributed by atoms with van der Waals surface area (Å²) in [5.41, 5.74) is 8.05. The summed E-state index contributed by atoms with van der Waals surface area (Å²) in [5, 5.41) is 1.19. The van der Waals surface area contributed by atoms with Gasteiger partial charge in [0.05, 0.1) is 0 Å². The van der Waals surface area contributed by atoms with Crippen molar-refractivity contribution in [3.8, 4) is 0 Å². The molecule has 0 bridgehead atoms. The zero-order chi connectivity index (χ0) is 13.2. The van der Waals surface area contributed by atoms with Gasteiger partial charge < -0.3 is 10.3 Å². The number of nitrogens with zero attached hydrogens (tertiary/aromatic N) is 1. The zero-order valence-electron chi connectivity index (χ0n) is 11.1. The molecule has 100 valence electrons. The fourth-order valence-corrected chi connectivity index (χ4v) is 3.42. The van der Waals surface area contributed by atoms with Crippen molar-refractivity contribution < 1.29 is 0 Å². The maximum Gasteiger partial charge on any atom is 0.104 e. The molecule has 1 aromatic carbocycles. The van der Waals surface area contributed by atoms with Gasteiger partial charge in [-0.3, -0.25) is 0 Å². The standard InChI is InChI=1S/C16H20N2S/c17-16(19)14-7-4-8-15-13(14)9-10-18(15)11-12-5-2-1-3-6-12/h4,7-10,12H,1-3,5-6,11H2,(H2,17,19). The second-order valence-electron chi connectivity index (χ2n) is 5.57. The number of thiocarbonyl (C=S) groups is 1. The van der Waals surface area contributed by atoms with E-state index < -0.39 is 0 Å². The molecule has 1 aliphatic carbocycles. The van der Waals surface area contributed by atoms with Gasteiger partial charge in [-0.1, -0.05) is 43.6 Å². The summed E-state index contributed by atoms with van der Waals surface area (Å²) in [6, 6.07) is 8.37. The van der Waals surface area contributed by atoms with Gasteiger partial charge in [-0.25, -0.2) is 0 Å². The Hall–Kier alpha value is -1.35. The topological polar surface area (TPSA) is 30.9 Å². The molecule has 1 aromatic heterocycles. The number of benzene rings is 1. The van der Waals surface area contributed by atoms with Gasteiger partial charge in [-0.15, -0.1) is 0 Å². The van der Waals surface area contributed by atoms with Crippen LogP contribution in [0.15, 0.2) is 30.5 Å². The van der Waals surface area contributed by atoms with E-state index in [1.165, 1.54) is 43.0 Å². The summed E-state index contributed by atoms with van der Waals surface area (Å²) >= 11 is 5.13. The number of aromatic nitrogens is 1. The van der Waals surface area contributed by atoms with Gasteiger partial charge in [-0.05, 0) is 30.9 Å². The third-order valence-electron chi connectivity index (χ3n) is 4.26. The molecular weight excluding hydrogens is 252 g/mol. The van der Waals surface area contributed by atoms with Crippen molar-refractivity contribution in [2.75, 3.05) is 0 Å². The molecule has 0 saturated heterocycles. The first kappa shape index (κ1) is 12.7. The van der Waals surface area contributed by atoms with Gasteiger partial charge in [0.1, 0.15) is 4.99 Å². The molecule has 0 aliphatic heterocycles. The molecule has 0 spiro atoms. The second kappa shape index (κ2) is 5.33. The molecule has 0 unspecified atom stereocenters. The summed E-state index contributed by atoms with van der Waals surface area (Å²) in [4.78, 5) is 0.487. The van der Waals surface area contributed by atoms with Gasteiger partial charge in [0.25, 0.3) is 0 Å². The van der Waals surface area contributed by atoms with Gasteiger partial charge >= 0.3 is 0 Å². The number of fused-ring (bicyclic) bond motifs is 1. The molecule has 0 radical (unpaired) electrons. The Morgan fingerprint density at radius 3 is 2.74 bits per heavy atom. The third kappa shape index (κ3) is 2.52. The number of hydrogen-bond donors (Lipinski definition) is 1. The van der Waals surface area contributed by atoms with Gasteiger partial charge in [0.2, 0.25) is 0 Å². The Kier molecular flexibility index (Phi) is 3.56. The van der Waals surface area contributed by atoms with E-state index >= 15 is 0 Å². The van der Waals surface area contributed by atoms with E-state index in [-0.39, 0.29) is 0 Å². The highest BCUT2D eigenvalue weighted by molar-refractivity contribution is 7.80. The van der Waals surface area contributed by atoms with Crippen LogP contribution in [-0.2, 0) is 6.54 Å². The van der Waals surface area contributed by atoms with Crippen LogP contribution in [0.1, 0.15) is 37.7 Å². The van der Waals surface area contributed by atoms with Crippen LogP contribution in [0.2, 0.25) is 0 Å². The third-order valence-corrected chi connectivity index (χ3v) is 4.48. The average Bonchev–Trinajstić information content (AvgIpc) is 2.83. The van der Waals surface area contributed by atoms with Crippen LogP contribution < -0.4 is 5.73 Å². The Bertz CT molecular complexity index is 594. The van der Waals surface area contributed by atoms with Crippen molar-refractivity contribution in [2.24, 2.45) is 11.7 Å². The Morgan fingerprint density at radius 1 is 1.21 bits per heavy atom. The quantitative estimate of drug-likeness (QED) is 0.860. The van der Waals surface area contributed by atoms with Crippen LogP contribution in [0.3, 0.4) is 0 Å². The average molecular weight is 272 g/mol. The predicted octanol–water partition coefficient (Wildman–Crippen LogP) is 3.86. The molecule has 1 heterocycles. The minimum atomic E-state index is 0.487. The van der Waals surface area contributed by atoms with Crippen molar-refractivity contribution >= 4 is 28.1 Å². The van der Waals surface area contributed by atoms with Crippen LogP contribution in [0.5, 0.6) is 0 Å². The van der Waals surface area contributed by atoms with Crippen LogP contribution >= 0.6 is 12.2 Å². The summed E-state index contributed by atoms with van der Waals surface area (Å²) in [6.45, 7) is 1.13. The molecule has 3 rings (SSSR count). The van der Waals surface area contributed by atoms with Crippen LogP contribution in [-0.4, -0.2) is 9.56 Å². The molecule has 3 heteroatoms. The monoisotopic (exact) mass is 272 g/mol. The summed E-state index contributed by atoms with van der Waals surface area (Å²) in [6.07, 6.45) is 9.11. The fourth-order valence-electron chi connectivity index (χ4n) is 3.25. The first-order chi connectivity index (χ1) is 9.25. The van der Waals surface area contributed by atoms with Crippen LogP contribution in [0, 0.1) is 5.92 Å². The highest BCUT2D eigenvalue weighted by Gasteiger charge is 2.15. The fraction of sp³-hybridized carbons (Fsp3) is 0.438. The van der Waals surface area contributed by atoms with E-state index in [4.69, 9.17) is 18.0 Å². The number of nitrogens with two attached hydrogens (primary N) is 1. The first-order valence-corrected chi connectivity index (χ1v) is 7.54. The maximum absolute atomic E-state index is 5.80. The lowest BCUT2D eigenvalue weighted by atomic mass is 9.89. The lowest BCUT2D eigenvalue weighted by Gasteiger charge is -2.22. The van der Waals surface area contributed by atoms with E-state index in [1.807, 2.05) is 12.1 Å². The molecule has 19 heavy (non-hydrogen) atoms. The van der Waals surface area contributed by atoms with Gasteiger partial charge in [-0.2, -0.15) is 0 Å². The Morgan fingerprint density at radius 2 is 2.00 bits per heavy atom. The van der Waals surface area contributed by atoms with E-state index in [2.05, 4.69) is 22.9 Å². The van der Waals surface area contributed by atoms with Crippen molar-refractivity contribution in [1.29, 1.82) is 0 Å². The molecule has 2 N–H and O–H groups in total. The SMILES string of the molecule is NC(=S)c1cccc2c1ccn2CC1CCCCC1. The molecule has 1 aliphatic rings. The first-order valence-electron chi connectivity index (χ1n) is 7.13. The van der Waals surface area contributed by atoms with Crippen LogP contribution in [0.25, 0.3) is 10.9 Å². The normalized spacial score (nSPS) is 16.8. The molecule has 1 fully saturated rings. The second-order valence-corrected chi connectivity index (χ2v) is 6.01. The molecule has 1 saturated carbocycles. The van der Waals surface area contributed by atoms with Crippen molar-refractivity contribution in [1.82, 2.24) is 4.57 Å². The summed E-state index contributed by atoms with van der Waals surface area (Å²) in [5.74, 6) is 0.831. The van der Waals surface area contributed by atoms with E-state index in [0.717, 1.165) is 18.0 Å². The van der Waals surface area contributed by atoms with E-state index in [9.17, 15) is 0 Å². The van der Waals surface area contributed by atoms with Gasteiger partial charge in [0, 0.05) is 29.2 Å². The van der Waals surface area contributed by atoms with Crippen molar-refractivity contribution in [3.05, 3.63) is 36.0 Å². The van der Waals surface area contributed by atoms with Crippen molar-refractivity contribution in [2.45, 2.75) is 38.6 Å². The smallest absolute Gasteiger partial charge is 0.104 e. The minimum Gasteiger partial charge on any atom is -0.389 e. The van der Waals surface area contributed by atoms with E-state index in [0.29, 0.717) is 4.99 Å². The van der Waals surface area contributed by atoms with Gasteiger partial charge in [0.15, 0.2) is 0 Å². The zero-order valence-corrected chi connectivity index (χ0v) is 12.0. The largest absolute Gasteiger partial charge is 0.389 e.